The Hall–Kier alpha value is -1.50. The molecule has 1 aliphatic rings. The van der Waals surface area contributed by atoms with Crippen LogP contribution in [0.5, 0.6) is 0 Å². The van der Waals surface area contributed by atoms with Crippen LogP contribution >= 0.6 is 0 Å². The molecule has 19 heavy (non-hydrogen) atoms. The fraction of sp³-hybridized carbons (Fsp3) is 0.833. The second-order valence-corrected chi connectivity index (χ2v) is 5.72. The maximum absolute atomic E-state index is 11.8. The number of carbonyl (C=O) groups excluding carboxylic acids is 2. The summed E-state index contributed by atoms with van der Waals surface area (Å²) in [5.41, 5.74) is -1.70. The number of aliphatic hydroxyl groups is 1. The highest BCUT2D eigenvalue weighted by atomic mass is 16.6. The van der Waals surface area contributed by atoms with E-state index in [9.17, 15) is 14.7 Å². The molecule has 1 unspecified atom stereocenters. The first-order valence-electron chi connectivity index (χ1n) is 6.17. The molecule has 7 heteroatoms. The Labute approximate surface area is 112 Å². The highest BCUT2D eigenvalue weighted by molar-refractivity contribution is 5.69. The van der Waals surface area contributed by atoms with Crippen LogP contribution in [-0.2, 0) is 9.47 Å². The molecule has 0 saturated carbocycles. The quantitative estimate of drug-likeness (QED) is 0.774. The summed E-state index contributed by atoms with van der Waals surface area (Å²) >= 11 is 0. The van der Waals surface area contributed by atoms with E-state index in [1.54, 1.807) is 20.8 Å². The van der Waals surface area contributed by atoms with Crippen LogP contribution in [0.15, 0.2) is 0 Å². The van der Waals surface area contributed by atoms with Gasteiger partial charge >= 0.3 is 12.2 Å². The second-order valence-electron chi connectivity index (χ2n) is 5.72. The molecule has 0 aromatic rings. The maximum atomic E-state index is 11.8. The molecule has 110 valence electrons. The number of amides is 2. The number of hydrogen-bond donors (Lipinski definition) is 2. The van der Waals surface area contributed by atoms with Gasteiger partial charge in [0.15, 0.2) is 0 Å². The number of likely N-dealkylation sites (tertiary alicyclic amines) is 1. The summed E-state index contributed by atoms with van der Waals surface area (Å²) < 4.78 is 9.65. The highest BCUT2D eigenvalue weighted by Crippen LogP contribution is 2.22. The number of hydrogen-bond acceptors (Lipinski definition) is 5. The predicted octanol–water partition coefficient (Wildman–Crippen LogP) is 0.714. The van der Waals surface area contributed by atoms with E-state index in [-0.39, 0.29) is 13.1 Å². The third kappa shape index (κ3) is 4.94. The van der Waals surface area contributed by atoms with E-state index >= 15 is 0 Å². The molecule has 0 aromatic carbocycles. The maximum Gasteiger partial charge on any atom is 0.410 e. The van der Waals surface area contributed by atoms with E-state index in [1.807, 2.05) is 0 Å². The number of nitrogens with one attached hydrogen (secondary N) is 1. The van der Waals surface area contributed by atoms with Crippen LogP contribution in [-0.4, -0.2) is 60.1 Å². The molecule has 1 atom stereocenters. The van der Waals surface area contributed by atoms with Gasteiger partial charge in [-0.15, -0.1) is 0 Å². The molecule has 2 amide bonds. The molecule has 2 N–H and O–H groups in total. The van der Waals surface area contributed by atoms with Crippen LogP contribution in [0.25, 0.3) is 0 Å². The molecule has 1 saturated heterocycles. The normalized spacial score (nSPS) is 23.1. The average Bonchev–Trinajstić information content (AvgIpc) is 2.67. The number of ether oxygens (including phenoxy) is 2. The standard InChI is InChI=1S/C12H22N2O5/c1-11(2,3)19-10(16)14-6-5-12(17,8-14)7-13-9(15)18-4/h17H,5-8H2,1-4H3,(H,13,15). The van der Waals surface area contributed by atoms with Crippen LogP contribution in [0, 0.1) is 0 Å². The highest BCUT2D eigenvalue weighted by Gasteiger charge is 2.39. The van der Waals surface area contributed by atoms with Crippen molar-refractivity contribution in [2.75, 3.05) is 26.7 Å². The number of alkyl carbamates (subject to hydrolysis) is 1. The van der Waals surface area contributed by atoms with Crippen molar-refractivity contribution in [3.8, 4) is 0 Å². The van der Waals surface area contributed by atoms with Gasteiger partial charge in [0.05, 0.1) is 20.2 Å². The van der Waals surface area contributed by atoms with Gasteiger partial charge in [0.1, 0.15) is 11.2 Å². The van der Waals surface area contributed by atoms with Gasteiger partial charge in [-0.1, -0.05) is 0 Å². The lowest BCUT2D eigenvalue weighted by atomic mass is 10.0. The molecular weight excluding hydrogens is 252 g/mol. The molecule has 0 aliphatic carbocycles. The van der Waals surface area contributed by atoms with Crippen LogP contribution in [0.3, 0.4) is 0 Å². The zero-order valence-corrected chi connectivity index (χ0v) is 11.9. The largest absolute Gasteiger partial charge is 0.453 e. The lowest BCUT2D eigenvalue weighted by Gasteiger charge is -2.26. The van der Waals surface area contributed by atoms with Gasteiger partial charge in [0, 0.05) is 6.54 Å². The third-order valence-corrected chi connectivity index (χ3v) is 2.73. The summed E-state index contributed by atoms with van der Waals surface area (Å²) in [5, 5.41) is 12.7. The molecule has 0 spiro atoms. The van der Waals surface area contributed by atoms with Gasteiger partial charge in [-0.2, -0.15) is 0 Å². The Kier molecular flexibility index (Phi) is 4.62. The summed E-state index contributed by atoms with van der Waals surface area (Å²) in [6.07, 6.45) is -0.679. The molecule has 0 radical (unpaired) electrons. The zero-order valence-electron chi connectivity index (χ0n) is 11.9. The minimum Gasteiger partial charge on any atom is -0.453 e. The van der Waals surface area contributed by atoms with E-state index in [4.69, 9.17) is 4.74 Å². The summed E-state index contributed by atoms with van der Waals surface area (Å²) in [5.74, 6) is 0. The minimum absolute atomic E-state index is 0.0406. The number of rotatable bonds is 2. The SMILES string of the molecule is COC(=O)NCC1(O)CCN(C(=O)OC(C)(C)C)C1. The van der Waals surface area contributed by atoms with Crippen LogP contribution in [0.1, 0.15) is 27.2 Å². The van der Waals surface area contributed by atoms with Crippen molar-refractivity contribution >= 4 is 12.2 Å². The minimum atomic E-state index is -1.13. The van der Waals surface area contributed by atoms with Crippen LogP contribution in [0.2, 0.25) is 0 Å². The van der Waals surface area contributed by atoms with E-state index < -0.39 is 23.4 Å². The number of β-amino-alcohol motifs (C(OH)–C–C–N with tert-alkyl or cyclic N) is 1. The van der Waals surface area contributed by atoms with Gasteiger partial charge in [0.25, 0.3) is 0 Å². The zero-order chi connectivity index (χ0) is 14.7. The van der Waals surface area contributed by atoms with Crippen molar-refractivity contribution in [1.29, 1.82) is 0 Å². The summed E-state index contributed by atoms with van der Waals surface area (Å²) in [4.78, 5) is 24.2. The molecule has 1 rings (SSSR count). The summed E-state index contributed by atoms with van der Waals surface area (Å²) in [6, 6.07) is 0. The topological polar surface area (TPSA) is 88.1 Å². The van der Waals surface area contributed by atoms with Crippen molar-refractivity contribution in [2.24, 2.45) is 0 Å². The number of methoxy groups -OCH3 is 1. The van der Waals surface area contributed by atoms with Crippen molar-refractivity contribution < 1.29 is 24.2 Å². The first kappa shape index (κ1) is 15.6. The summed E-state index contributed by atoms with van der Waals surface area (Å²) in [6.45, 7) is 5.92. The smallest absolute Gasteiger partial charge is 0.410 e. The average molecular weight is 274 g/mol. The Morgan fingerprint density at radius 1 is 1.42 bits per heavy atom. The van der Waals surface area contributed by atoms with Crippen molar-refractivity contribution in [1.82, 2.24) is 10.2 Å². The Bertz CT molecular complexity index is 353. The van der Waals surface area contributed by atoms with Gasteiger partial charge in [-0.3, -0.25) is 0 Å². The molecular formula is C12H22N2O5. The predicted molar refractivity (Wildman–Crippen MR) is 67.8 cm³/mol. The summed E-state index contributed by atoms with van der Waals surface area (Å²) in [7, 11) is 1.25. The molecule has 1 heterocycles. The van der Waals surface area contributed by atoms with E-state index in [2.05, 4.69) is 10.1 Å². The van der Waals surface area contributed by atoms with Crippen molar-refractivity contribution in [3.05, 3.63) is 0 Å². The van der Waals surface area contributed by atoms with Gasteiger partial charge in [0.2, 0.25) is 0 Å². The Morgan fingerprint density at radius 2 is 2.05 bits per heavy atom. The Balaban J connectivity index is 2.48. The molecule has 7 nitrogen and oxygen atoms in total. The van der Waals surface area contributed by atoms with Crippen LogP contribution < -0.4 is 5.32 Å². The van der Waals surface area contributed by atoms with Crippen molar-refractivity contribution in [3.63, 3.8) is 0 Å². The molecule has 1 aliphatic heterocycles. The first-order chi connectivity index (χ1) is 8.65. The van der Waals surface area contributed by atoms with Crippen molar-refractivity contribution in [2.45, 2.75) is 38.4 Å². The number of carbonyl (C=O) groups is 2. The van der Waals surface area contributed by atoms with Crippen LogP contribution in [0.4, 0.5) is 9.59 Å². The Morgan fingerprint density at radius 3 is 2.58 bits per heavy atom. The third-order valence-electron chi connectivity index (χ3n) is 2.73. The van der Waals surface area contributed by atoms with E-state index in [1.165, 1.54) is 12.0 Å². The van der Waals surface area contributed by atoms with Gasteiger partial charge in [-0.05, 0) is 27.2 Å². The fourth-order valence-corrected chi connectivity index (χ4v) is 1.79. The molecule has 1 fully saturated rings. The number of nitrogens with zero attached hydrogens (tertiary/aromatic N) is 1. The van der Waals surface area contributed by atoms with Gasteiger partial charge < -0.3 is 24.8 Å². The molecule has 0 bridgehead atoms. The fourth-order valence-electron chi connectivity index (χ4n) is 1.79. The lowest BCUT2D eigenvalue weighted by molar-refractivity contribution is 0.0155. The second kappa shape index (κ2) is 5.64. The first-order valence-corrected chi connectivity index (χ1v) is 6.17. The van der Waals surface area contributed by atoms with E-state index in [0.29, 0.717) is 13.0 Å². The lowest BCUT2D eigenvalue weighted by Crippen LogP contribution is -2.46. The molecule has 0 aromatic heterocycles. The monoisotopic (exact) mass is 274 g/mol. The van der Waals surface area contributed by atoms with E-state index in [0.717, 1.165) is 0 Å². The van der Waals surface area contributed by atoms with Gasteiger partial charge in [-0.25, -0.2) is 9.59 Å².